The largest absolute Gasteiger partial charge is 0.493 e. The van der Waals surface area contributed by atoms with Gasteiger partial charge >= 0.3 is 0 Å². The molecule has 1 heterocycles. The monoisotopic (exact) mass is 438 g/mol. The fourth-order valence-electron chi connectivity index (χ4n) is 3.51. The van der Waals surface area contributed by atoms with Gasteiger partial charge in [-0.05, 0) is 36.8 Å². The van der Waals surface area contributed by atoms with Crippen molar-refractivity contribution in [1.29, 1.82) is 0 Å². The maximum atomic E-state index is 13.1. The number of fused-ring (bicyclic) bond motifs is 1. The summed E-state index contributed by atoms with van der Waals surface area (Å²) in [6, 6.07) is 7.63. The number of ether oxygens (including phenoxy) is 2. The summed E-state index contributed by atoms with van der Waals surface area (Å²) >= 11 is 6.27. The van der Waals surface area contributed by atoms with E-state index in [4.69, 9.17) is 26.8 Å². The quantitative estimate of drug-likeness (QED) is 0.667. The number of rotatable bonds is 7. The minimum atomic E-state index is -3.41. The zero-order valence-corrected chi connectivity index (χ0v) is 18.0. The van der Waals surface area contributed by atoms with Gasteiger partial charge in [-0.2, -0.15) is 0 Å². The number of methoxy groups -OCH3 is 1. The van der Waals surface area contributed by atoms with Crippen LogP contribution in [0.4, 0.5) is 5.69 Å². The van der Waals surface area contributed by atoms with Crippen LogP contribution in [-0.2, 0) is 16.4 Å². The Morgan fingerprint density at radius 1 is 1.24 bits per heavy atom. The second kappa shape index (κ2) is 8.12. The third-order valence-electron chi connectivity index (χ3n) is 4.80. The van der Waals surface area contributed by atoms with E-state index >= 15 is 0 Å². The molecule has 9 heteroatoms. The molecule has 2 aromatic rings. The van der Waals surface area contributed by atoms with E-state index in [0.29, 0.717) is 45.5 Å². The van der Waals surface area contributed by atoms with Crippen LogP contribution in [0, 0.1) is 0 Å². The highest BCUT2D eigenvalue weighted by molar-refractivity contribution is 7.90. The summed E-state index contributed by atoms with van der Waals surface area (Å²) in [6.07, 6.45) is 1.14. The van der Waals surface area contributed by atoms with Gasteiger partial charge in [0.2, 0.25) is 0 Å². The summed E-state index contributed by atoms with van der Waals surface area (Å²) in [6.45, 7) is 2.43. The predicted molar refractivity (Wildman–Crippen MR) is 112 cm³/mol. The van der Waals surface area contributed by atoms with Gasteiger partial charge in [-0.15, -0.1) is 0 Å². The number of benzene rings is 2. The van der Waals surface area contributed by atoms with Gasteiger partial charge in [0.05, 0.1) is 31.1 Å². The lowest BCUT2D eigenvalue weighted by atomic mass is 10.1. The molecule has 0 fully saturated rings. The third kappa shape index (κ3) is 4.28. The molecule has 0 unspecified atom stereocenters. The van der Waals surface area contributed by atoms with Gasteiger partial charge in [0.25, 0.3) is 5.91 Å². The van der Waals surface area contributed by atoms with Gasteiger partial charge in [0, 0.05) is 29.1 Å². The molecule has 156 valence electrons. The van der Waals surface area contributed by atoms with Crippen LogP contribution in [0.15, 0.2) is 30.3 Å². The molecule has 1 amide bonds. The minimum absolute atomic E-state index is 0.175. The molecule has 1 aliphatic heterocycles. The summed E-state index contributed by atoms with van der Waals surface area (Å²) < 4.78 is 35.3. The Hall–Kier alpha value is -2.45. The van der Waals surface area contributed by atoms with Crippen LogP contribution < -0.4 is 15.2 Å². The smallest absolute Gasteiger partial charge is 0.257 e. The normalized spacial score (nSPS) is 14.6. The second-order valence-corrected chi connectivity index (χ2v) is 9.47. The topological polar surface area (TPSA) is 98.9 Å². The lowest BCUT2D eigenvalue weighted by molar-refractivity contribution is 0.0719. The Morgan fingerprint density at radius 3 is 2.55 bits per heavy atom. The van der Waals surface area contributed by atoms with Crippen molar-refractivity contribution >= 4 is 33.0 Å². The zero-order chi connectivity index (χ0) is 21.3. The first-order valence-electron chi connectivity index (χ1n) is 9.02. The molecular formula is C20H23ClN2O5S. The van der Waals surface area contributed by atoms with Crippen molar-refractivity contribution in [3.05, 3.63) is 52.0 Å². The Balaban J connectivity index is 2.08. The number of halogens is 1. The van der Waals surface area contributed by atoms with E-state index in [9.17, 15) is 13.2 Å². The highest BCUT2D eigenvalue weighted by Crippen LogP contribution is 2.40. The van der Waals surface area contributed by atoms with Crippen molar-refractivity contribution in [2.75, 3.05) is 31.5 Å². The number of hydrogen-bond acceptors (Lipinski definition) is 6. The molecule has 29 heavy (non-hydrogen) atoms. The van der Waals surface area contributed by atoms with Gasteiger partial charge in [-0.1, -0.05) is 17.7 Å². The van der Waals surface area contributed by atoms with Gasteiger partial charge < -0.3 is 20.1 Å². The van der Waals surface area contributed by atoms with E-state index in [2.05, 4.69) is 0 Å². The van der Waals surface area contributed by atoms with Crippen LogP contribution in [0.3, 0.4) is 0 Å². The van der Waals surface area contributed by atoms with Crippen molar-refractivity contribution in [1.82, 2.24) is 4.90 Å². The minimum Gasteiger partial charge on any atom is -0.493 e. The fourth-order valence-corrected chi connectivity index (χ4v) is 4.67. The molecule has 1 atom stereocenters. The maximum absolute atomic E-state index is 13.1. The molecular weight excluding hydrogens is 416 g/mol. The summed E-state index contributed by atoms with van der Waals surface area (Å²) in [7, 11) is -1.89. The molecule has 0 bridgehead atoms. The number of anilines is 1. The van der Waals surface area contributed by atoms with Gasteiger partial charge in [-0.3, -0.25) is 4.79 Å². The summed E-state index contributed by atoms with van der Waals surface area (Å²) in [4.78, 5) is 14.6. The van der Waals surface area contributed by atoms with Crippen molar-refractivity contribution < 1.29 is 22.7 Å². The van der Waals surface area contributed by atoms with Crippen molar-refractivity contribution in [2.24, 2.45) is 0 Å². The van der Waals surface area contributed by atoms with Gasteiger partial charge in [0.15, 0.2) is 11.5 Å². The standard InChI is InChI=1S/C20H23ClN2O5S/c1-4-28-18-9-12(5-8-17(18)27-2)16(11-29(3,25)26)23-10-13-14(21)6-7-15(22)19(13)20(23)24/h5-9,16H,4,10-11,22H2,1-3H3/t16-/m1/s1. The van der Waals surface area contributed by atoms with Crippen LogP contribution in [0.5, 0.6) is 11.5 Å². The van der Waals surface area contributed by atoms with Crippen LogP contribution in [-0.4, -0.2) is 45.0 Å². The average Bonchev–Trinajstić information content (AvgIpc) is 3.01. The number of nitrogen functional groups attached to an aromatic ring is 1. The van der Waals surface area contributed by atoms with Crippen molar-refractivity contribution in [3.63, 3.8) is 0 Å². The number of carbonyl (C=O) groups excluding carboxylic acids is 1. The van der Waals surface area contributed by atoms with E-state index in [-0.39, 0.29) is 18.2 Å². The molecule has 0 radical (unpaired) electrons. The van der Waals surface area contributed by atoms with E-state index in [1.165, 1.54) is 12.0 Å². The fraction of sp³-hybridized carbons (Fsp3) is 0.350. The first-order valence-corrected chi connectivity index (χ1v) is 11.5. The molecule has 0 saturated carbocycles. The van der Waals surface area contributed by atoms with Crippen LogP contribution in [0.1, 0.15) is 34.5 Å². The number of amides is 1. The average molecular weight is 439 g/mol. The molecule has 7 nitrogen and oxygen atoms in total. The summed E-state index contributed by atoms with van der Waals surface area (Å²) in [5, 5.41) is 0.424. The first-order chi connectivity index (χ1) is 13.7. The van der Waals surface area contributed by atoms with E-state index in [0.717, 1.165) is 6.26 Å². The molecule has 0 saturated heterocycles. The second-order valence-electron chi connectivity index (χ2n) is 6.87. The molecule has 3 rings (SSSR count). The molecule has 0 aliphatic carbocycles. The third-order valence-corrected chi connectivity index (χ3v) is 6.08. The molecule has 2 N–H and O–H groups in total. The molecule has 0 spiro atoms. The lowest BCUT2D eigenvalue weighted by Crippen LogP contribution is -2.33. The van der Waals surface area contributed by atoms with E-state index in [1.807, 2.05) is 6.92 Å². The number of nitrogens with two attached hydrogens (primary N) is 1. The Labute approximate surface area is 175 Å². The zero-order valence-electron chi connectivity index (χ0n) is 16.4. The Kier molecular flexibility index (Phi) is 5.95. The number of nitrogens with zero attached hydrogens (tertiary/aromatic N) is 1. The lowest BCUT2D eigenvalue weighted by Gasteiger charge is -2.28. The highest BCUT2D eigenvalue weighted by atomic mass is 35.5. The number of carbonyl (C=O) groups is 1. The highest BCUT2D eigenvalue weighted by Gasteiger charge is 2.38. The Bertz CT molecular complexity index is 1060. The van der Waals surface area contributed by atoms with Crippen molar-refractivity contribution in [2.45, 2.75) is 19.5 Å². The number of hydrogen-bond donors (Lipinski definition) is 1. The van der Waals surface area contributed by atoms with Gasteiger partial charge in [0.1, 0.15) is 9.84 Å². The van der Waals surface area contributed by atoms with Crippen LogP contribution >= 0.6 is 11.6 Å². The van der Waals surface area contributed by atoms with Crippen molar-refractivity contribution in [3.8, 4) is 11.5 Å². The SMILES string of the molecule is CCOc1cc([C@@H](CS(C)(=O)=O)N2Cc3c(Cl)ccc(N)c3C2=O)ccc1OC. The van der Waals surface area contributed by atoms with Gasteiger partial charge in [-0.25, -0.2) is 8.42 Å². The first kappa shape index (κ1) is 21.3. The summed E-state index contributed by atoms with van der Waals surface area (Å²) in [5.74, 6) is 0.412. The Morgan fingerprint density at radius 2 is 1.97 bits per heavy atom. The summed E-state index contributed by atoms with van der Waals surface area (Å²) in [5.41, 5.74) is 7.87. The predicted octanol–water partition coefficient (Wildman–Crippen LogP) is 3.07. The molecule has 0 aromatic heterocycles. The molecule has 1 aliphatic rings. The molecule has 2 aromatic carbocycles. The van der Waals surface area contributed by atoms with E-state index in [1.54, 1.807) is 30.3 Å². The maximum Gasteiger partial charge on any atom is 0.257 e. The van der Waals surface area contributed by atoms with E-state index < -0.39 is 15.9 Å². The number of sulfone groups is 1. The van der Waals surface area contributed by atoms with Crippen LogP contribution in [0.25, 0.3) is 0 Å². The van der Waals surface area contributed by atoms with Crippen LogP contribution in [0.2, 0.25) is 5.02 Å².